The Bertz CT molecular complexity index is 291. The highest BCUT2D eigenvalue weighted by Gasteiger charge is 2.38. The van der Waals surface area contributed by atoms with Crippen LogP contribution >= 0.6 is 24.2 Å². The van der Waals surface area contributed by atoms with E-state index in [0.717, 1.165) is 42.9 Å². The predicted octanol–water partition coefficient (Wildman–Crippen LogP) is 2.43. The average molecular weight is 307 g/mol. The lowest BCUT2D eigenvalue weighted by atomic mass is 9.86. The number of hydrogen-bond acceptors (Lipinski definition) is 3. The van der Waals surface area contributed by atoms with E-state index < -0.39 is 0 Å². The molecule has 2 rings (SSSR count). The minimum Gasteiger partial charge on any atom is -0.355 e. The van der Waals surface area contributed by atoms with Crippen molar-refractivity contribution in [1.29, 1.82) is 0 Å². The summed E-state index contributed by atoms with van der Waals surface area (Å²) in [5.41, 5.74) is 5.83. The first-order chi connectivity index (χ1) is 8.70. The van der Waals surface area contributed by atoms with Gasteiger partial charge in [-0.2, -0.15) is 11.8 Å². The highest BCUT2D eigenvalue weighted by molar-refractivity contribution is 7.98. The van der Waals surface area contributed by atoms with Crippen molar-refractivity contribution in [3.8, 4) is 0 Å². The summed E-state index contributed by atoms with van der Waals surface area (Å²) in [7, 11) is 0. The van der Waals surface area contributed by atoms with Gasteiger partial charge in [0.25, 0.3) is 0 Å². The fraction of sp³-hybridized carbons (Fsp3) is 0.929. The minimum atomic E-state index is -0.322. The molecule has 5 heteroatoms. The second-order valence-electron chi connectivity index (χ2n) is 5.90. The van der Waals surface area contributed by atoms with E-state index >= 15 is 0 Å². The van der Waals surface area contributed by atoms with Gasteiger partial charge in [0.15, 0.2) is 0 Å². The van der Waals surface area contributed by atoms with E-state index in [1.54, 1.807) is 11.8 Å². The number of rotatable bonds is 7. The van der Waals surface area contributed by atoms with E-state index in [4.69, 9.17) is 5.73 Å². The summed E-state index contributed by atoms with van der Waals surface area (Å²) in [6.07, 6.45) is 9.71. The zero-order valence-corrected chi connectivity index (χ0v) is 13.4. The van der Waals surface area contributed by atoms with Gasteiger partial charge < -0.3 is 11.1 Å². The van der Waals surface area contributed by atoms with Crippen molar-refractivity contribution < 1.29 is 4.79 Å². The van der Waals surface area contributed by atoms with E-state index in [0.29, 0.717) is 0 Å². The predicted molar refractivity (Wildman–Crippen MR) is 84.8 cm³/mol. The van der Waals surface area contributed by atoms with Gasteiger partial charge in [-0.05, 0) is 61.9 Å². The molecule has 2 aliphatic rings. The molecule has 3 N–H and O–H groups in total. The molecule has 0 aromatic carbocycles. The first-order valence-corrected chi connectivity index (χ1v) is 8.62. The molecular formula is C14H27ClN2OS. The third-order valence-corrected chi connectivity index (χ3v) is 5.31. The van der Waals surface area contributed by atoms with Crippen LogP contribution in [0.5, 0.6) is 0 Å². The maximum absolute atomic E-state index is 11.7. The first-order valence-electron chi connectivity index (χ1n) is 7.23. The third kappa shape index (κ3) is 4.83. The van der Waals surface area contributed by atoms with Crippen LogP contribution in [0, 0.1) is 17.8 Å². The van der Waals surface area contributed by atoms with E-state index in [-0.39, 0.29) is 24.4 Å². The van der Waals surface area contributed by atoms with Gasteiger partial charge in [-0.1, -0.05) is 6.42 Å². The highest BCUT2D eigenvalue weighted by Crippen LogP contribution is 2.49. The number of carbonyl (C=O) groups is 1. The number of nitrogens with one attached hydrogen (secondary N) is 1. The fourth-order valence-electron chi connectivity index (χ4n) is 3.62. The molecule has 4 atom stereocenters. The average Bonchev–Trinajstić information content (AvgIpc) is 2.98. The first kappa shape index (κ1) is 17.1. The van der Waals surface area contributed by atoms with Crippen LogP contribution in [0.25, 0.3) is 0 Å². The van der Waals surface area contributed by atoms with Gasteiger partial charge >= 0.3 is 0 Å². The topological polar surface area (TPSA) is 55.1 Å². The summed E-state index contributed by atoms with van der Waals surface area (Å²) >= 11 is 1.74. The number of hydrogen-bond donors (Lipinski definition) is 2. The Morgan fingerprint density at radius 3 is 2.79 bits per heavy atom. The van der Waals surface area contributed by atoms with Crippen molar-refractivity contribution >= 4 is 30.1 Å². The van der Waals surface area contributed by atoms with Crippen molar-refractivity contribution in [3.63, 3.8) is 0 Å². The van der Waals surface area contributed by atoms with Crippen molar-refractivity contribution in [1.82, 2.24) is 5.32 Å². The van der Waals surface area contributed by atoms with Crippen molar-refractivity contribution in [2.75, 3.05) is 18.6 Å². The second kappa shape index (κ2) is 8.38. The summed E-state index contributed by atoms with van der Waals surface area (Å²) in [5.74, 6) is 3.82. The Labute approximate surface area is 127 Å². The quantitative estimate of drug-likeness (QED) is 0.759. The standard InChI is InChI=1S/C14H26N2OS.ClH/c1-18-7-5-13(15)14(17)16-6-4-12-9-10-2-3-11(12)8-10;/h10-13H,2-9,15H2,1H3,(H,16,17);1H/t10?,11?,12?,13-;/m0./s1. The van der Waals surface area contributed by atoms with Gasteiger partial charge in [-0.25, -0.2) is 0 Å². The number of thioether (sulfide) groups is 1. The molecule has 0 heterocycles. The van der Waals surface area contributed by atoms with Gasteiger partial charge in [0, 0.05) is 6.54 Å². The third-order valence-electron chi connectivity index (χ3n) is 4.67. The van der Waals surface area contributed by atoms with Crippen molar-refractivity contribution in [2.45, 2.75) is 44.6 Å². The highest BCUT2D eigenvalue weighted by atomic mass is 35.5. The minimum absolute atomic E-state index is 0. The van der Waals surface area contributed by atoms with Gasteiger partial charge in [-0.15, -0.1) is 12.4 Å². The number of fused-ring (bicyclic) bond motifs is 2. The van der Waals surface area contributed by atoms with Crippen LogP contribution in [0.1, 0.15) is 38.5 Å². The normalized spacial score (nSPS) is 29.9. The SMILES string of the molecule is CSCC[C@H](N)C(=O)NCCC1CC2CCC1C2.Cl. The maximum Gasteiger partial charge on any atom is 0.236 e. The lowest BCUT2D eigenvalue weighted by Gasteiger charge is -2.22. The van der Waals surface area contributed by atoms with E-state index in [1.807, 2.05) is 6.26 Å². The summed E-state index contributed by atoms with van der Waals surface area (Å²) < 4.78 is 0. The molecule has 3 unspecified atom stereocenters. The Morgan fingerprint density at radius 1 is 1.42 bits per heavy atom. The Hall–Kier alpha value is 0.0700. The van der Waals surface area contributed by atoms with Crippen LogP contribution in [0.3, 0.4) is 0 Å². The van der Waals surface area contributed by atoms with Crippen LogP contribution in [0.2, 0.25) is 0 Å². The van der Waals surface area contributed by atoms with Gasteiger partial charge in [0.05, 0.1) is 6.04 Å². The second-order valence-corrected chi connectivity index (χ2v) is 6.89. The van der Waals surface area contributed by atoms with Crippen molar-refractivity contribution in [2.24, 2.45) is 23.5 Å². The smallest absolute Gasteiger partial charge is 0.236 e. The Morgan fingerprint density at radius 2 is 2.21 bits per heavy atom. The zero-order valence-electron chi connectivity index (χ0n) is 11.8. The number of amides is 1. The molecule has 0 saturated heterocycles. The molecule has 19 heavy (non-hydrogen) atoms. The zero-order chi connectivity index (χ0) is 13.0. The Balaban J connectivity index is 0.00000180. The van der Waals surface area contributed by atoms with Gasteiger partial charge in [0.1, 0.15) is 0 Å². The Kier molecular flexibility index (Phi) is 7.55. The summed E-state index contributed by atoms with van der Waals surface area (Å²) in [4.78, 5) is 11.7. The molecule has 112 valence electrons. The molecule has 2 fully saturated rings. The molecule has 3 nitrogen and oxygen atoms in total. The van der Waals surface area contributed by atoms with E-state index in [2.05, 4.69) is 5.32 Å². The molecular weight excluding hydrogens is 280 g/mol. The molecule has 0 aromatic heterocycles. The summed E-state index contributed by atoms with van der Waals surface area (Å²) in [6, 6.07) is -0.322. The molecule has 0 aromatic rings. The van der Waals surface area contributed by atoms with Crippen LogP contribution in [-0.2, 0) is 4.79 Å². The summed E-state index contributed by atoms with van der Waals surface area (Å²) in [6.45, 7) is 0.819. The van der Waals surface area contributed by atoms with Crippen LogP contribution in [-0.4, -0.2) is 30.5 Å². The molecule has 0 radical (unpaired) electrons. The molecule has 2 bridgehead atoms. The van der Waals surface area contributed by atoms with Crippen LogP contribution in [0.4, 0.5) is 0 Å². The molecule has 0 spiro atoms. The number of nitrogens with two attached hydrogens (primary N) is 1. The largest absolute Gasteiger partial charge is 0.355 e. The van der Waals surface area contributed by atoms with Gasteiger partial charge in [-0.3, -0.25) is 4.79 Å². The summed E-state index contributed by atoms with van der Waals surface area (Å²) in [5, 5.41) is 3.00. The number of carbonyl (C=O) groups excluding carboxylic acids is 1. The van der Waals surface area contributed by atoms with E-state index in [9.17, 15) is 4.79 Å². The molecule has 0 aliphatic heterocycles. The molecule has 2 aliphatic carbocycles. The number of halogens is 1. The van der Waals surface area contributed by atoms with Gasteiger partial charge in [0.2, 0.25) is 5.91 Å². The fourth-order valence-corrected chi connectivity index (χ4v) is 4.11. The van der Waals surface area contributed by atoms with Crippen molar-refractivity contribution in [3.05, 3.63) is 0 Å². The maximum atomic E-state index is 11.7. The van der Waals surface area contributed by atoms with Crippen LogP contribution < -0.4 is 11.1 Å². The monoisotopic (exact) mass is 306 g/mol. The van der Waals surface area contributed by atoms with Crippen LogP contribution in [0.15, 0.2) is 0 Å². The lowest BCUT2D eigenvalue weighted by molar-refractivity contribution is -0.122. The molecule has 1 amide bonds. The van der Waals surface area contributed by atoms with E-state index in [1.165, 1.54) is 25.7 Å². The lowest BCUT2D eigenvalue weighted by Crippen LogP contribution is -2.41. The molecule has 2 saturated carbocycles.